The van der Waals surface area contributed by atoms with Crippen LogP contribution in [0.1, 0.15) is 25.5 Å². The van der Waals surface area contributed by atoms with Crippen molar-refractivity contribution in [1.29, 1.82) is 0 Å². The van der Waals surface area contributed by atoms with E-state index in [2.05, 4.69) is 22.5 Å². The second-order valence-electron chi connectivity index (χ2n) is 6.98. The summed E-state index contributed by atoms with van der Waals surface area (Å²) in [5.74, 6) is 2.54. The SMILES string of the molecule is CCNC(=NCc1csc(-c2ccc(OC)cc2)n1)N(C)CCOCC1CC1.I. The molecule has 1 saturated carbocycles. The molecule has 1 heterocycles. The van der Waals surface area contributed by atoms with E-state index >= 15 is 0 Å². The standard InChI is InChI=1S/C21H30N4O2S.HI/c1-4-22-21(25(2)11-12-27-14-16-5-6-16)23-13-18-15-28-20(24-18)17-7-9-19(26-3)10-8-17;/h7-10,15-16H,4-6,11-14H2,1-3H3,(H,22,23);1H. The van der Waals surface area contributed by atoms with Gasteiger partial charge in [0.2, 0.25) is 0 Å². The molecule has 160 valence electrons. The predicted octanol–water partition coefficient (Wildman–Crippen LogP) is 4.26. The minimum atomic E-state index is 0. The Morgan fingerprint density at radius 1 is 1.31 bits per heavy atom. The van der Waals surface area contributed by atoms with Crippen LogP contribution < -0.4 is 10.1 Å². The Hall–Kier alpha value is -1.39. The number of hydrogen-bond acceptors (Lipinski definition) is 5. The van der Waals surface area contributed by atoms with Gasteiger partial charge >= 0.3 is 0 Å². The Bertz CT molecular complexity index is 762. The van der Waals surface area contributed by atoms with Crippen LogP contribution in [0.3, 0.4) is 0 Å². The molecule has 29 heavy (non-hydrogen) atoms. The number of ether oxygens (including phenoxy) is 2. The molecule has 1 aromatic heterocycles. The van der Waals surface area contributed by atoms with Crippen molar-refractivity contribution < 1.29 is 9.47 Å². The fraction of sp³-hybridized carbons (Fsp3) is 0.524. The Balaban J connectivity index is 0.00000300. The number of nitrogens with zero attached hydrogens (tertiary/aromatic N) is 3. The average Bonchev–Trinajstić information content (AvgIpc) is 3.43. The number of aromatic nitrogens is 1. The van der Waals surface area contributed by atoms with E-state index in [1.54, 1.807) is 18.4 Å². The molecular weight excluding hydrogens is 499 g/mol. The Labute approximate surface area is 194 Å². The van der Waals surface area contributed by atoms with Crippen molar-refractivity contribution in [3.05, 3.63) is 35.3 Å². The summed E-state index contributed by atoms with van der Waals surface area (Å²) in [6, 6.07) is 7.98. The molecule has 2 aromatic rings. The molecule has 0 atom stereocenters. The number of nitrogens with one attached hydrogen (secondary N) is 1. The minimum absolute atomic E-state index is 0. The van der Waals surface area contributed by atoms with E-state index in [1.807, 2.05) is 31.3 Å². The van der Waals surface area contributed by atoms with E-state index in [0.29, 0.717) is 6.54 Å². The maximum atomic E-state index is 5.74. The first-order chi connectivity index (χ1) is 13.7. The number of thiazole rings is 1. The van der Waals surface area contributed by atoms with Gasteiger partial charge in [0.1, 0.15) is 10.8 Å². The van der Waals surface area contributed by atoms with Crippen molar-refractivity contribution in [2.24, 2.45) is 10.9 Å². The average molecular weight is 530 g/mol. The van der Waals surface area contributed by atoms with Gasteiger partial charge in [0.25, 0.3) is 0 Å². The molecule has 8 heteroatoms. The normalized spacial score (nSPS) is 13.7. The molecule has 0 aliphatic heterocycles. The molecular formula is C21H31IN4O2S. The van der Waals surface area contributed by atoms with Crippen LogP contribution >= 0.6 is 35.3 Å². The zero-order valence-corrected chi connectivity index (χ0v) is 20.5. The van der Waals surface area contributed by atoms with Crippen LogP contribution in [0.4, 0.5) is 0 Å². The van der Waals surface area contributed by atoms with Crippen molar-refractivity contribution in [2.45, 2.75) is 26.3 Å². The second-order valence-corrected chi connectivity index (χ2v) is 7.84. The Morgan fingerprint density at radius 3 is 2.72 bits per heavy atom. The maximum Gasteiger partial charge on any atom is 0.194 e. The number of benzene rings is 1. The summed E-state index contributed by atoms with van der Waals surface area (Å²) in [4.78, 5) is 11.6. The second kappa shape index (κ2) is 12.3. The van der Waals surface area contributed by atoms with E-state index in [4.69, 9.17) is 19.5 Å². The highest BCUT2D eigenvalue weighted by atomic mass is 127. The van der Waals surface area contributed by atoms with Gasteiger partial charge in [0.05, 0.1) is 26.0 Å². The van der Waals surface area contributed by atoms with Gasteiger partial charge in [-0.05, 0) is 49.9 Å². The lowest BCUT2D eigenvalue weighted by Gasteiger charge is -2.21. The maximum absolute atomic E-state index is 5.74. The van der Waals surface area contributed by atoms with Gasteiger partial charge in [-0.3, -0.25) is 0 Å². The summed E-state index contributed by atoms with van der Waals surface area (Å²) >= 11 is 1.64. The van der Waals surface area contributed by atoms with Gasteiger partial charge in [-0.15, -0.1) is 35.3 Å². The van der Waals surface area contributed by atoms with Crippen LogP contribution in [-0.2, 0) is 11.3 Å². The largest absolute Gasteiger partial charge is 0.497 e. The molecule has 0 amide bonds. The number of likely N-dealkylation sites (N-methyl/N-ethyl adjacent to an activating group) is 1. The van der Waals surface area contributed by atoms with Gasteiger partial charge in [-0.2, -0.15) is 0 Å². The molecule has 1 N–H and O–H groups in total. The van der Waals surface area contributed by atoms with E-state index in [-0.39, 0.29) is 24.0 Å². The zero-order chi connectivity index (χ0) is 19.8. The fourth-order valence-electron chi connectivity index (χ4n) is 2.71. The van der Waals surface area contributed by atoms with Crippen molar-refractivity contribution in [1.82, 2.24) is 15.2 Å². The number of hydrogen-bond donors (Lipinski definition) is 1. The molecule has 1 aliphatic carbocycles. The summed E-state index contributed by atoms with van der Waals surface area (Å²) < 4.78 is 11.0. The van der Waals surface area contributed by atoms with Gasteiger partial charge < -0.3 is 19.7 Å². The first kappa shape index (κ1) is 23.9. The minimum Gasteiger partial charge on any atom is -0.497 e. The van der Waals surface area contributed by atoms with Crippen molar-refractivity contribution >= 4 is 41.3 Å². The summed E-state index contributed by atoms with van der Waals surface area (Å²) in [6.45, 7) is 5.93. The van der Waals surface area contributed by atoms with Crippen LogP contribution in [0.2, 0.25) is 0 Å². The lowest BCUT2D eigenvalue weighted by atomic mass is 10.2. The molecule has 1 aromatic carbocycles. The van der Waals surface area contributed by atoms with Crippen molar-refractivity contribution in [2.75, 3.05) is 40.5 Å². The summed E-state index contributed by atoms with van der Waals surface area (Å²) in [7, 11) is 3.72. The highest BCUT2D eigenvalue weighted by molar-refractivity contribution is 14.0. The van der Waals surface area contributed by atoms with Crippen LogP contribution in [0, 0.1) is 5.92 Å². The zero-order valence-electron chi connectivity index (χ0n) is 17.4. The Kier molecular flexibility index (Phi) is 10.2. The van der Waals surface area contributed by atoms with Gasteiger partial charge in [0, 0.05) is 37.7 Å². The number of guanidine groups is 1. The number of aliphatic imine (C=N–C) groups is 1. The molecule has 0 saturated heterocycles. The van der Waals surface area contributed by atoms with E-state index in [1.165, 1.54) is 12.8 Å². The summed E-state index contributed by atoms with van der Waals surface area (Å²) in [6.07, 6.45) is 2.65. The molecule has 1 aliphatic rings. The number of rotatable bonds is 10. The lowest BCUT2D eigenvalue weighted by Crippen LogP contribution is -2.40. The third kappa shape index (κ3) is 7.75. The highest BCUT2D eigenvalue weighted by Gasteiger charge is 2.21. The quantitative estimate of drug-likeness (QED) is 0.215. The lowest BCUT2D eigenvalue weighted by molar-refractivity contribution is 0.115. The van der Waals surface area contributed by atoms with E-state index in [0.717, 1.165) is 60.2 Å². The molecule has 0 spiro atoms. The predicted molar refractivity (Wildman–Crippen MR) is 131 cm³/mol. The highest BCUT2D eigenvalue weighted by Crippen LogP contribution is 2.28. The van der Waals surface area contributed by atoms with Crippen LogP contribution in [0.15, 0.2) is 34.6 Å². The van der Waals surface area contributed by atoms with E-state index in [9.17, 15) is 0 Å². The molecule has 0 bridgehead atoms. The third-order valence-electron chi connectivity index (χ3n) is 4.60. The Morgan fingerprint density at radius 2 is 2.07 bits per heavy atom. The molecule has 0 radical (unpaired) electrons. The first-order valence-electron chi connectivity index (χ1n) is 9.85. The monoisotopic (exact) mass is 530 g/mol. The topological polar surface area (TPSA) is 59.0 Å². The molecule has 1 fully saturated rings. The summed E-state index contributed by atoms with van der Waals surface area (Å²) in [5, 5.41) is 6.42. The first-order valence-corrected chi connectivity index (χ1v) is 10.7. The van der Waals surface area contributed by atoms with Crippen molar-refractivity contribution in [3.8, 4) is 16.3 Å². The van der Waals surface area contributed by atoms with Crippen LogP contribution in [-0.4, -0.2) is 56.3 Å². The molecule has 3 rings (SSSR count). The number of halogens is 1. The van der Waals surface area contributed by atoms with Gasteiger partial charge in [-0.1, -0.05) is 0 Å². The number of methoxy groups -OCH3 is 1. The molecule has 6 nitrogen and oxygen atoms in total. The van der Waals surface area contributed by atoms with Crippen molar-refractivity contribution in [3.63, 3.8) is 0 Å². The molecule has 0 unspecified atom stereocenters. The van der Waals surface area contributed by atoms with E-state index < -0.39 is 0 Å². The fourth-order valence-corrected chi connectivity index (χ4v) is 3.53. The summed E-state index contributed by atoms with van der Waals surface area (Å²) in [5.41, 5.74) is 2.07. The van der Waals surface area contributed by atoms with Gasteiger partial charge in [-0.25, -0.2) is 9.98 Å². The van der Waals surface area contributed by atoms with Crippen LogP contribution in [0.25, 0.3) is 10.6 Å². The van der Waals surface area contributed by atoms with Crippen LogP contribution in [0.5, 0.6) is 5.75 Å². The third-order valence-corrected chi connectivity index (χ3v) is 5.54. The smallest absolute Gasteiger partial charge is 0.194 e. The van der Waals surface area contributed by atoms with Gasteiger partial charge in [0.15, 0.2) is 5.96 Å².